The van der Waals surface area contributed by atoms with Crippen LogP contribution in [-0.4, -0.2) is 47.7 Å². The molecule has 0 aromatic heterocycles. The van der Waals surface area contributed by atoms with E-state index in [-0.39, 0.29) is 0 Å². The Morgan fingerprint density at radius 3 is 2.41 bits per heavy atom. The van der Waals surface area contributed by atoms with Gasteiger partial charge in [-0.05, 0) is 55.6 Å². The lowest BCUT2D eigenvalue weighted by Gasteiger charge is -2.34. The third kappa shape index (κ3) is 3.26. The molecule has 6 heteroatoms. The highest BCUT2D eigenvalue weighted by Gasteiger charge is 2.20. The first-order chi connectivity index (χ1) is 14.1. The van der Waals surface area contributed by atoms with Crippen LogP contribution in [0.3, 0.4) is 0 Å². The molecule has 2 aromatic carbocycles. The van der Waals surface area contributed by atoms with Crippen LogP contribution in [0.15, 0.2) is 60.7 Å². The Morgan fingerprint density at radius 2 is 1.66 bits per heavy atom. The number of hydrogen-bond acceptors (Lipinski definition) is 4. The molecule has 146 valence electrons. The maximum Gasteiger partial charge on any atom is 0.0900 e. The zero-order chi connectivity index (χ0) is 20.0. The third-order valence-electron chi connectivity index (χ3n) is 5.63. The highest BCUT2D eigenvalue weighted by molar-refractivity contribution is 6.30. The van der Waals surface area contributed by atoms with Gasteiger partial charge in [0.25, 0.3) is 0 Å². The van der Waals surface area contributed by atoms with E-state index >= 15 is 0 Å². The zero-order valence-corrected chi connectivity index (χ0v) is 17.0. The van der Waals surface area contributed by atoms with Crippen LogP contribution in [0.5, 0.6) is 0 Å². The van der Waals surface area contributed by atoms with E-state index in [0.29, 0.717) is 10.4 Å². The first kappa shape index (κ1) is 18.2. The predicted octanol–water partition coefficient (Wildman–Crippen LogP) is 4.01. The fourth-order valence-electron chi connectivity index (χ4n) is 4.02. The van der Waals surface area contributed by atoms with Crippen LogP contribution >= 0.6 is 11.6 Å². The Labute approximate surface area is 174 Å². The van der Waals surface area contributed by atoms with Gasteiger partial charge in [0, 0.05) is 36.9 Å². The summed E-state index contributed by atoms with van der Waals surface area (Å²) in [5, 5.41) is 9.96. The van der Waals surface area contributed by atoms with Gasteiger partial charge in [-0.15, -0.1) is 0 Å². The van der Waals surface area contributed by atoms with Crippen LogP contribution in [0.25, 0.3) is 28.1 Å². The molecule has 1 aliphatic carbocycles. The summed E-state index contributed by atoms with van der Waals surface area (Å²) in [6.45, 7) is 3.87. The van der Waals surface area contributed by atoms with Gasteiger partial charge in [-0.2, -0.15) is 0 Å². The molecular formula is C23H22ClN5. The van der Waals surface area contributed by atoms with Crippen LogP contribution in [0.4, 0.5) is 5.69 Å². The molecule has 5 nitrogen and oxygen atoms in total. The lowest BCUT2D eigenvalue weighted by atomic mass is 10.1. The Bertz CT molecular complexity index is 1210. The summed E-state index contributed by atoms with van der Waals surface area (Å²) in [6, 6.07) is 19.9. The monoisotopic (exact) mass is 403 g/mol. The summed E-state index contributed by atoms with van der Waals surface area (Å²) in [7, 11) is 2.14. The fourth-order valence-corrected chi connectivity index (χ4v) is 4.15. The van der Waals surface area contributed by atoms with E-state index in [9.17, 15) is 0 Å². The van der Waals surface area contributed by atoms with Gasteiger partial charge in [0.15, 0.2) is 0 Å². The second kappa shape index (κ2) is 7.17. The molecule has 5 rings (SSSR count). The summed E-state index contributed by atoms with van der Waals surface area (Å²) in [4.78, 5) is 9.54. The first-order valence-electron chi connectivity index (χ1n) is 9.80. The number of likely N-dealkylation sites (N-methyl/N-ethyl adjacent to an activating group) is 1. The Hall–Kier alpha value is -2.89. The van der Waals surface area contributed by atoms with Crippen molar-refractivity contribution >= 4 is 28.3 Å². The number of para-hydroxylation sites is 2. The van der Waals surface area contributed by atoms with Crippen molar-refractivity contribution in [3.8, 4) is 17.1 Å². The lowest BCUT2D eigenvalue weighted by molar-refractivity contribution is 0.312. The number of anilines is 1. The summed E-state index contributed by atoms with van der Waals surface area (Å²) in [5.74, 6) is 0. The molecule has 1 saturated heterocycles. The largest absolute Gasteiger partial charge is 0.367 e. The summed E-state index contributed by atoms with van der Waals surface area (Å²) >= 11 is 6.12. The molecule has 1 N–H and O–H groups in total. The maximum atomic E-state index is 8.72. The van der Waals surface area contributed by atoms with Crippen molar-refractivity contribution in [1.29, 1.82) is 5.41 Å². The van der Waals surface area contributed by atoms with E-state index in [1.165, 1.54) is 0 Å². The summed E-state index contributed by atoms with van der Waals surface area (Å²) < 4.78 is 2.17. The number of aromatic nitrogens is 2. The molecule has 0 unspecified atom stereocenters. The average Bonchev–Trinajstić information content (AvgIpc) is 2.73. The van der Waals surface area contributed by atoms with E-state index in [0.717, 1.165) is 60.0 Å². The number of hydrogen-bond donors (Lipinski definition) is 1. The van der Waals surface area contributed by atoms with Crippen molar-refractivity contribution < 1.29 is 0 Å². The smallest absolute Gasteiger partial charge is 0.0900 e. The van der Waals surface area contributed by atoms with Gasteiger partial charge >= 0.3 is 0 Å². The molecule has 3 aliphatic rings. The summed E-state index contributed by atoms with van der Waals surface area (Å²) in [5.41, 5.74) is 5.71. The quantitative estimate of drug-likeness (QED) is 0.514. The van der Waals surface area contributed by atoms with E-state index in [1.54, 1.807) is 0 Å². The highest BCUT2D eigenvalue weighted by atomic mass is 35.5. The van der Waals surface area contributed by atoms with Crippen molar-refractivity contribution in [1.82, 2.24) is 14.5 Å². The molecule has 0 saturated carbocycles. The number of benzene rings is 3. The lowest BCUT2D eigenvalue weighted by Crippen LogP contribution is -2.46. The van der Waals surface area contributed by atoms with Crippen molar-refractivity contribution in [2.24, 2.45) is 0 Å². The zero-order valence-electron chi connectivity index (χ0n) is 16.3. The number of rotatable bonds is 2. The van der Waals surface area contributed by atoms with Gasteiger partial charge in [-0.1, -0.05) is 23.7 Å². The van der Waals surface area contributed by atoms with Crippen molar-refractivity contribution in [3.63, 3.8) is 0 Å². The first-order valence-corrected chi connectivity index (χ1v) is 10.2. The van der Waals surface area contributed by atoms with Gasteiger partial charge in [0.1, 0.15) is 0 Å². The normalized spacial score (nSPS) is 15.3. The molecule has 2 heterocycles. The van der Waals surface area contributed by atoms with Crippen molar-refractivity contribution in [2.45, 2.75) is 0 Å². The Morgan fingerprint density at radius 1 is 0.931 bits per heavy atom. The molecule has 29 heavy (non-hydrogen) atoms. The molecule has 0 bridgehead atoms. The minimum Gasteiger partial charge on any atom is -0.367 e. The standard InChI is InChI=1S/C23H22ClN5/c1-27-10-12-28(13-11-27)22-15-20-23(14-18(22)25)29(17-8-6-16(24)7-9-17)21-5-3-2-4-19(21)26-20/h2-9,14-15,25H,10-13H2,1H3. The number of nitrogens with one attached hydrogen (secondary N) is 1. The molecular weight excluding hydrogens is 382 g/mol. The van der Waals surface area contributed by atoms with Gasteiger partial charge < -0.3 is 14.4 Å². The summed E-state index contributed by atoms with van der Waals surface area (Å²) in [6.07, 6.45) is 0. The van der Waals surface area contributed by atoms with Crippen LogP contribution in [-0.2, 0) is 0 Å². The number of nitrogens with zero attached hydrogens (tertiary/aromatic N) is 4. The van der Waals surface area contributed by atoms with Gasteiger partial charge in [0.2, 0.25) is 0 Å². The van der Waals surface area contributed by atoms with Crippen LogP contribution in [0, 0.1) is 5.41 Å². The Balaban J connectivity index is 1.75. The van der Waals surface area contributed by atoms with Crippen LogP contribution < -0.4 is 10.3 Å². The Kier molecular flexibility index (Phi) is 4.49. The van der Waals surface area contributed by atoms with Crippen LogP contribution in [0.2, 0.25) is 5.02 Å². The second-order valence-electron chi connectivity index (χ2n) is 7.56. The van der Waals surface area contributed by atoms with Gasteiger partial charge in [-0.3, -0.25) is 5.41 Å². The minimum absolute atomic E-state index is 0.529. The average molecular weight is 404 g/mol. The molecule has 0 atom stereocenters. The topological polar surface area (TPSA) is 48.2 Å². The third-order valence-corrected chi connectivity index (χ3v) is 5.88. The van der Waals surface area contributed by atoms with Crippen molar-refractivity contribution in [3.05, 3.63) is 71.0 Å². The number of halogens is 1. The maximum absolute atomic E-state index is 8.72. The second-order valence-corrected chi connectivity index (χ2v) is 8.00. The molecule has 0 amide bonds. The van der Waals surface area contributed by atoms with Gasteiger partial charge in [-0.25, -0.2) is 4.98 Å². The highest BCUT2D eigenvalue weighted by Crippen LogP contribution is 2.30. The van der Waals surface area contributed by atoms with E-state index < -0.39 is 0 Å². The van der Waals surface area contributed by atoms with E-state index in [4.69, 9.17) is 22.0 Å². The minimum atomic E-state index is 0.529. The van der Waals surface area contributed by atoms with E-state index in [1.807, 2.05) is 48.5 Å². The molecule has 2 aliphatic heterocycles. The SMILES string of the molecule is CN1CCN(c2cc3nc4ccccc4n(-c4ccc(Cl)cc4)c-3cc2=N)CC1. The fraction of sp³-hybridized carbons (Fsp3) is 0.217. The number of piperazine rings is 1. The molecule has 0 radical (unpaired) electrons. The molecule has 2 aromatic rings. The molecule has 1 fully saturated rings. The predicted molar refractivity (Wildman–Crippen MR) is 118 cm³/mol. The van der Waals surface area contributed by atoms with Gasteiger partial charge in [0.05, 0.1) is 33.5 Å². The molecule has 0 spiro atoms. The van der Waals surface area contributed by atoms with E-state index in [2.05, 4.69) is 33.5 Å². The van der Waals surface area contributed by atoms with Crippen LogP contribution in [0.1, 0.15) is 0 Å². The number of fused-ring (bicyclic) bond motifs is 2. The van der Waals surface area contributed by atoms with Crippen molar-refractivity contribution in [2.75, 3.05) is 38.1 Å².